The Morgan fingerprint density at radius 2 is 1.75 bits per heavy atom. The number of rotatable bonds is 3. The van der Waals surface area contributed by atoms with Gasteiger partial charge < -0.3 is 9.80 Å². The van der Waals surface area contributed by atoms with E-state index in [-0.39, 0.29) is 0 Å². The van der Waals surface area contributed by atoms with Crippen molar-refractivity contribution in [2.75, 3.05) is 36.0 Å². The molecule has 0 spiro atoms. The molecule has 1 aliphatic rings. The van der Waals surface area contributed by atoms with E-state index in [4.69, 9.17) is 0 Å². The van der Waals surface area contributed by atoms with Gasteiger partial charge in [0.25, 0.3) is 0 Å². The maximum absolute atomic E-state index is 4.58. The van der Waals surface area contributed by atoms with Gasteiger partial charge in [-0.15, -0.1) is 21.5 Å². The van der Waals surface area contributed by atoms with Crippen LogP contribution in [0.25, 0.3) is 10.2 Å². The van der Waals surface area contributed by atoms with E-state index < -0.39 is 0 Å². The highest BCUT2D eigenvalue weighted by molar-refractivity contribution is 7.18. The highest BCUT2D eigenvalue weighted by Gasteiger charge is 2.23. The lowest BCUT2D eigenvalue weighted by atomic mass is 10.1. The van der Waals surface area contributed by atoms with Crippen LogP contribution in [0.5, 0.6) is 0 Å². The summed E-state index contributed by atoms with van der Waals surface area (Å²) in [6, 6.07) is 2.26. The number of nitrogens with zero attached hydrogens (tertiary/aromatic N) is 6. The Hall–Kier alpha value is -1.80. The Labute approximate surface area is 149 Å². The molecule has 24 heavy (non-hydrogen) atoms. The summed E-state index contributed by atoms with van der Waals surface area (Å²) in [6.45, 7) is 10.2. The van der Waals surface area contributed by atoms with Crippen LogP contribution in [0.1, 0.15) is 29.7 Å². The molecule has 0 radical (unpaired) electrons. The molecular weight excluding hydrogens is 340 g/mol. The Balaban J connectivity index is 1.56. The Morgan fingerprint density at radius 3 is 2.42 bits per heavy atom. The quantitative estimate of drug-likeness (QED) is 0.714. The SMILES string of the molecule is Cc1nnc(N2CCN(c3ncnc4sc(C(C)C)cc34)CC2)s1. The van der Waals surface area contributed by atoms with Gasteiger partial charge in [0, 0.05) is 31.1 Å². The molecule has 0 atom stereocenters. The number of hydrogen-bond acceptors (Lipinski definition) is 8. The molecule has 3 aromatic heterocycles. The lowest BCUT2D eigenvalue weighted by molar-refractivity contribution is 0.645. The maximum Gasteiger partial charge on any atom is 0.208 e. The van der Waals surface area contributed by atoms with Crippen LogP contribution in [0.4, 0.5) is 10.9 Å². The Bertz CT molecular complexity index is 847. The summed E-state index contributed by atoms with van der Waals surface area (Å²) in [7, 11) is 0. The standard InChI is InChI=1S/C16H20N6S2/c1-10(2)13-8-12-14(17-9-18-15(12)24-13)21-4-6-22(7-5-21)16-20-19-11(3)23-16/h8-10H,4-7H2,1-3H3. The molecule has 1 saturated heterocycles. The number of hydrogen-bond donors (Lipinski definition) is 0. The maximum atomic E-state index is 4.58. The molecule has 6 nitrogen and oxygen atoms in total. The summed E-state index contributed by atoms with van der Waals surface area (Å²) < 4.78 is 0. The van der Waals surface area contributed by atoms with Gasteiger partial charge in [-0.05, 0) is 18.9 Å². The van der Waals surface area contributed by atoms with Gasteiger partial charge in [0.2, 0.25) is 5.13 Å². The first-order chi connectivity index (χ1) is 11.6. The predicted molar refractivity (Wildman–Crippen MR) is 101 cm³/mol. The molecule has 4 rings (SSSR count). The number of aromatic nitrogens is 4. The van der Waals surface area contributed by atoms with Gasteiger partial charge in [-0.1, -0.05) is 25.2 Å². The zero-order valence-electron chi connectivity index (χ0n) is 14.1. The van der Waals surface area contributed by atoms with Crippen LogP contribution in [0.3, 0.4) is 0 Å². The third-order valence-corrected chi connectivity index (χ3v) is 6.50. The summed E-state index contributed by atoms with van der Waals surface area (Å²) in [5.41, 5.74) is 0. The minimum absolute atomic E-state index is 0.523. The summed E-state index contributed by atoms with van der Waals surface area (Å²) >= 11 is 3.44. The molecule has 126 valence electrons. The van der Waals surface area contributed by atoms with Crippen molar-refractivity contribution in [1.29, 1.82) is 0 Å². The van der Waals surface area contributed by atoms with Crippen molar-refractivity contribution in [2.24, 2.45) is 0 Å². The van der Waals surface area contributed by atoms with E-state index in [2.05, 4.69) is 49.9 Å². The van der Waals surface area contributed by atoms with Crippen molar-refractivity contribution in [3.8, 4) is 0 Å². The molecule has 0 N–H and O–H groups in total. The molecular formula is C16H20N6S2. The molecule has 3 aromatic rings. The van der Waals surface area contributed by atoms with Gasteiger partial charge in [-0.3, -0.25) is 0 Å². The smallest absolute Gasteiger partial charge is 0.208 e. The fourth-order valence-corrected chi connectivity index (χ4v) is 4.66. The Kier molecular flexibility index (Phi) is 4.09. The summed E-state index contributed by atoms with van der Waals surface area (Å²) in [6.07, 6.45) is 1.69. The van der Waals surface area contributed by atoms with Gasteiger partial charge in [0.15, 0.2) is 0 Å². The lowest BCUT2D eigenvalue weighted by Gasteiger charge is -2.35. The molecule has 1 aliphatic heterocycles. The second kappa shape index (κ2) is 6.25. The molecule has 0 amide bonds. The van der Waals surface area contributed by atoms with Crippen LogP contribution in [-0.4, -0.2) is 46.3 Å². The first-order valence-corrected chi connectivity index (χ1v) is 9.79. The third kappa shape index (κ3) is 2.84. The average molecular weight is 361 g/mol. The molecule has 4 heterocycles. The van der Waals surface area contributed by atoms with E-state index in [1.165, 1.54) is 10.3 Å². The van der Waals surface area contributed by atoms with Crippen LogP contribution in [0, 0.1) is 6.92 Å². The minimum atomic E-state index is 0.523. The Morgan fingerprint density at radius 1 is 1.00 bits per heavy atom. The van der Waals surface area contributed by atoms with Crippen molar-refractivity contribution in [2.45, 2.75) is 26.7 Å². The van der Waals surface area contributed by atoms with E-state index >= 15 is 0 Å². The van der Waals surface area contributed by atoms with Crippen molar-refractivity contribution in [1.82, 2.24) is 20.2 Å². The number of thiophene rings is 1. The molecule has 8 heteroatoms. The van der Waals surface area contributed by atoms with Crippen LogP contribution in [-0.2, 0) is 0 Å². The summed E-state index contributed by atoms with van der Waals surface area (Å²) in [5.74, 6) is 1.59. The molecule has 0 bridgehead atoms. The number of aryl methyl sites for hydroxylation is 1. The monoisotopic (exact) mass is 360 g/mol. The van der Waals surface area contributed by atoms with Gasteiger partial charge in [0.05, 0.1) is 5.39 Å². The fourth-order valence-electron chi connectivity index (χ4n) is 2.92. The largest absolute Gasteiger partial charge is 0.352 e. The zero-order chi connectivity index (χ0) is 16.7. The molecule has 1 fully saturated rings. The third-order valence-electron chi connectivity index (χ3n) is 4.26. The number of fused-ring (bicyclic) bond motifs is 1. The van der Waals surface area contributed by atoms with E-state index in [0.29, 0.717) is 5.92 Å². The highest BCUT2D eigenvalue weighted by atomic mass is 32.1. The van der Waals surface area contributed by atoms with Crippen LogP contribution in [0.15, 0.2) is 12.4 Å². The number of piperazine rings is 1. The van der Waals surface area contributed by atoms with Crippen molar-refractivity contribution >= 4 is 43.8 Å². The lowest BCUT2D eigenvalue weighted by Crippen LogP contribution is -2.46. The first kappa shape index (κ1) is 15.7. The molecule has 0 aromatic carbocycles. The fraction of sp³-hybridized carbons (Fsp3) is 0.500. The van der Waals surface area contributed by atoms with Crippen molar-refractivity contribution < 1.29 is 0 Å². The number of anilines is 2. The molecule has 0 saturated carbocycles. The summed E-state index contributed by atoms with van der Waals surface area (Å²) in [4.78, 5) is 16.2. The van der Waals surface area contributed by atoms with Gasteiger partial charge in [0.1, 0.15) is 22.0 Å². The first-order valence-electron chi connectivity index (χ1n) is 8.16. The topological polar surface area (TPSA) is 58.0 Å². The van der Waals surface area contributed by atoms with Crippen molar-refractivity contribution in [3.63, 3.8) is 0 Å². The summed E-state index contributed by atoms with van der Waals surface area (Å²) in [5, 5.41) is 11.6. The molecule has 0 aliphatic carbocycles. The van der Waals surface area contributed by atoms with Gasteiger partial charge in [-0.25, -0.2) is 9.97 Å². The predicted octanol–water partition coefficient (Wildman–Crippen LogP) is 3.30. The second-order valence-electron chi connectivity index (χ2n) is 6.30. The van der Waals surface area contributed by atoms with E-state index in [1.54, 1.807) is 29.0 Å². The normalized spacial score (nSPS) is 15.7. The van der Waals surface area contributed by atoms with Crippen LogP contribution in [0.2, 0.25) is 0 Å². The van der Waals surface area contributed by atoms with Crippen LogP contribution < -0.4 is 9.80 Å². The minimum Gasteiger partial charge on any atom is -0.352 e. The van der Waals surface area contributed by atoms with Gasteiger partial charge in [-0.2, -0.15) is 0 Å². The second-order valence-corrected chi connectivity index (χ2v) is 8.52. The van der Waals surface area contributed by atoms with E-state index in [0.717, 1.165) is 47.0 Å². The zero-order valence-corrected chi connectivity index (χ0v) is 15.7. The highest BCUT2D eigenvalue weighted by Crippen LogP contribution is 2.34. The van der Waals surface area contributed by atoms with E-state index in [1.807, 2.05) is 6.92 Å². The van der Waals surface area contributed by atoms with Crippen molar-refractivity contribution in [3.05, 3.63) is 22.3 Å². The van der Waals surface area contributed by atoms with Gasteiger partial charge >= 0.3 is 0 Å². The van der Waals surface area contributed by atoms with E-state index in [9.17, 15) is 0 Å². The van der Waals surface area contributed by atoms with Crippen LogP contribution >= 0.6 is 22.7 Å². The molecule has 0 unspecified atom stereocenters. The average Bonchev–Trinajstić information content (AvgIpc) is 3.21.